The number of anilines is 1. The summed E-state index contributed by atoms with van der Waals surface area (Å²) in [5.41, 5.74) is 2.19. The van der Waals surface area contributed by atoms with Crippen LogP contribution in [0.1, 0.15) is 24.1 Å². The maximum atomic E-state index is 12.3. The van der Waals surface area contributed by atoms with Gasteiger partial charge >= 0.3 is 6.03 Å². The van der Waals surface area contributed by atoms with Crippen molar-refractivity contribution in [1.82, 2.24) is 9.88 Å². The highest BCUT2D eigenvalue weighted by Gasteiger charge is 2.21. The van der Waals surface area contributed by atoms with E-state index in [1.807, 2.05) is 42.5 Å². The zero-order chi connectivity index (χ0) is 16.8. The van der Waals surface area contributed by atoms with Crippen LogP contribution in [0.25, 0.3) is 0 Å². The zero-order valence-electron chi connectivity index (χ0n) is 13.3. The minimum Gasteiger partial charge on any atom is -0.391 e. The van der Waals surface area contributed by atoms with Gasteiger partial charge in [-0.25, -0.2) is 9.78 Å². The number of carbonyl (C=O) groups is 1. The Morgan fingerprint density at radius 3 is 2.96 bits per heavy atom. The minimum atomic E-state index is -0.430. The third kappa shape index (κ3) is 4.34. The summed E-state index contributed by atoms with van der Waals surface area (Å²) < 4.78 is 0. The minimum absolute atomic E-state index is 0.191. The van der Waals surface area contributed by atoms with Gasteiger partial charge in [0.1, 0.15) is 5.69 Å². The molecule has 1 atom stereocenters. The molecule has 1 fully saturated rings. The number of aliphatic hydroxyl groups excluding tert-OH is 1. The van der Waals surface area contributed by atoms with Crippen LogP contribution in [0.5, 0.6) is 0 Å². The van der Waals surface area contributed by atoms with Gasteiger partial charge in [0.25, 0.3) is 0 Å². The number of urea groups is 1. The smallest absolute Gasteiger partial charge is 0.321 e. The SMILES string of the molecule is O=C(Nc1cccc(C#Cc2ccccn2)c1)N1CCCC(O)C1. The van der Waals surface area contributed by atoms with E-state index in [1.54, 1.807) is 11.1 Å². The lowest BCUT2D eigenvalue weighted by molar-refractivity contribution is 0.0883. The molecular formula is C19H19N3O2. The van der Waals surface area contributed by atoms with E-state index in [-0.39, 0.29) is 6.03 Å². The van der Waals surface area contributed by atoms with Crippen LogP contribution in [-0.4, -0.2) is 40.2 Å². The summed E-state index contributed by atoms with van der Waals surface area (Å²) in [4.78, 5) is 18.1. The molecule has 122 valence electrons. The molecule has 5 nitrogen and oxygen atoms in total. The predicted octanol–water partition coefficient (Wildman–Crippen LogP) is 2.47. The average Bonchev–Trinajstić information content (AvgIpc) is 2.61. The van der Waals surface area contributed by atoms with Crippen LogP contribution >= 0.6 is 0 Å². The van der Waals surface area contributed by atoms with E-state index in [2.05, 4.69) is 22.1 Å². The molecule has 2 aromatic rings. The molecule has 0 bridgehead atoms. The van der Waals surface area contributed by atoms with Gasteiger partial charge in [-0.2, -0.15) is 0 Å². The number of nitrogens with one attached hydrogen (secondary N) is 1. The first-order valence-corrected chi connectivity index (χ1v) is 7.98. The molecule has 2 amide bonds. The highest BCUT2D eigenvalue weighted by atomic mass is 16.3. The molecule has 3 rings (SSSR count). The van der Waals surface area contributed by atoms with Crippen LogP contribution in [-0.2, 0) is 0 Å². The summed E-state index contributed by atoms with van der Waals surface area (Å²) in [6.45, 7) is 1.05. The van der Waals surface area contributed by atoms with E-state index >= 15 is 0 Å². The third-order valence-electron chi connectivity index (χ3n) is 3.80. The molecule has 5 heteroatoms. The summed E-state index contributed by atoms with van der Waals surface area (Å²) >= 11 is 0. The van der Waals surface area contributed by atoms with Gasteiger partial charge in [0.05, 0.1) is 6.10 Å². The van der Waals surface area contributed by atoms with Gasteiger partial charge in [-0.1, -0.05) is 18.1 Å². The molecule has 2 N–H and O–H groups in total. The van der Waals surface area contributed by atoms with E-state index in [1.165, 1.54) is 0 Å². The van der Waals surface area contributed by atoms with Crippen molar-refractivity contribution >= 4 is 11.7 Å². The summed E-state index contributed by atoms with van der Waals surface area (Å²) in [7, 11) is 0. The van der Waals surface area contributed by atoms with Gasteiger partial charge in [-0.15, -0.1) is 0 Å². The van der Waals surface area contributed by atoms with Crippen molar-refractivity contribution in [3.63, 3.8) is 0 Å². The van der Waals surface area contributed by atoms with E-state index < -0.39 is 6.10 Å². The average molecular weight is 321 g/mol. The number of nitrogens with zero attached hydrogens (tertiary/aromatic N) is 2. The van der Waals surface area contributed by atoms with Gasteiger partial charge in [0, 0.05) is 30.5 Å². The second kappa shape index (κ2) is 7.62. The van der Waals surface area contributed by atoms with Crippen molar-refractivity contribution in [2.24, 2.45) is 0 Å². The molecule has 1 unspecified atom stereocenters. The molecule has 0 aliphatic carbocycles. The summed E-state index contributed by atoms with van der Waals surface area (Å²) in [5, 5.41) is 12.5. The number of aromatic nitrogens is 1. The fourth-order valence-electron chi connectivity index (χ4n) is 2.59. The number of β-amino-alcohol motifs (C(OH)–C–C–N with tert-alkyl or cyclic N) is 1. The maximum absolute atomic E-state index is 12.3. The third-order valence-corrected chi connectivity index (χ3v) is 3.80. The Morgan fingerprint density at radius 1 is 1.25 bits per heavy atom. The van der Waals surface area contributed by atoms with E-state index in [9.17, 15) is 9.90 Å². The van der Waals surface area contributed by atoms with Crippen molar-refractivity contribution < 1.29 is 9.90 Å². The lowest BCUT2D eigenvalue weighted by Gasteiger charge is -2.30. The Labute approximate surface area is 141 Å². The summed E-state index contributed by atoms with van der Waals surface area (Å²) in [6.07, 6.45) is 2.85. The van der Waals surface area contributed by atoms with Gasteiger partial charge in [0.15, 0.2) is 0 Å². The monoisotopic (exact) mass is 321 g/mol. The number of benzene rings is 1. The quantitative estimate of drug-likeness (QED) is 0.793. The van der Waals surface area contributed by atoms with Crippen molar-refractivity contribution in [3.05, 3.63) is 59.9 Å². The summed E-state index contributed by atoms with van der Waals surface area (Å²) in [6, 6.07) is 12.8. The normalized spacial score (nSPS) is 16.9. The van der Waals surface area contributed by atoms with Gasteiger partial charge in [-0.05, 0) is 49.1 Å². The van der Waals surface area contributed by atoms with E-state index in [4.69, 9.17) is 0 Å². The van der Waals surface area contributed by atoms with Gasteiger partial charge in [-0.3, -0.25) is 0 Å². The molecule has 24 heavy (non-hydrogen) atoms. The Morgan fingerprint density at radius 2 is 2.17 bits per heavy atom. The number of amides is 2. The Bertz CT molecular complexity index is 765. The molecule has 1 aliphatic rings. The molecule has 1 aliphatic heterocycles. The number of rotatable bonds is 1. The summed E-state index contributed by atoms with van der Waals surface area (Å²) in [5.74, 6) is 6.04. The van der Waals surface area contributed by atoms with Crippen LogP contribution in [0.15, 0.2) is 48.7 Å². The van der Waals surface area contributed by atoms with Gasteiger partial charge in [0.2, 0.25) is 0 Å². The first kappa shape index (κ1) is 16.0. The number of likely N-dealkylation sites (tertiary alicyclic amines) is 1. The second-order valence-electron chi connectivity index (χ2n) is 5.72. The molecule has 1 saturated heterocycles. The second-order valence-corrected chi connectivity index (χ2v) is 5.72. The van der Waals surface area contributed by atoms with Crippen LogP contribution in [0.3, 0.4) is 0 Å². The Balaban J connectivity index is 1.67. The lowest BCUT2D eigenvalue weighted by Crippen LogP contribution is -2.44. The maximum Gasteiger partial charge on any atom is 0.321 e. The van der Waals surface area contributed by atoms with Gasteiger partial charge < -0.3 is 15.3 Å². The highest BCUT2D eigenvalue weighted by molar-refractivity contribution is 5.89. The molecular weight excluding hydrogens is 302 g/mol. The first-order valence-electron chi connectivity index (χ1n) is 7.98. The van der Waals surface area contributed by atoms with Crippen molar-refractivity contribution in [1.29, 1.82) is 0 Å². The molecule has 0 radical (unpaired) electrons. The number of aliphatic hydroxyl groups is 1. The molecule has 2 heterocycles. The topological polar surface area (TPSA) is 65.5 Å². The molecule has 1 aromatic heterocycles. The largest absolute Gasteiger partial charge is 0.391 e. The van der Waals surface area contributed by atoms with Crippen molar-refractivity contribution in [2.75, 3.05) is 18.4 Å². The number of carbonyl (C=O) groups excluding carboxylic acids is 1. The fourth-order valence-corrected chi connectivity index (χ4v) is 2.59. The van der Waals surface area contributed by atoms with Crippen molar-refractivity contribution in [3.8, 4) is 11.8 Å². The molecule has 1 aromatic carbocycles. The Kier molecular flexibility index (Phi) is 5.09. The van der Waals surface area contributed by atoms with Crippen LogP contribution < -0.4 is 5.32 Å². The molecule has 0 saturated carbocycles. The zero-order valence-corrected chi connectivity index (χ0v) is 13.3. The number of hydrogen-bond acceptors (Lipinski definition) is 3. The number of hydrogen-bond donors (Lipinski definition) is 2. The van der Waals surface area contributed by atoms with Crippen LogP contribution in [0.4, 0.5) is 10.5 Å². The van der Waals surface area contributed by atoms with Crippen LogP contribution in [0, 0.1) is 11.8 Å². The number of pyridine rings is 1. The fraction of sp³-hybridized carbons (Fsp3) is 0.263. The number of piperidine rings is 1. The standard InChI is InChI=1S/C19H19N3O2/c23-18-8-4-12-22(14-18)19(24)21-17-7-3-5-15(13-17)9-10-16-6-1-2-11-20-16/h1-3,5-7,11,13,18,23H,4,8,12,14H2,(H,21,24). The van der Waals surface area contributed by atoms with E-state index in [0.29, 0.717) is 24.5 Å². The highest BCUT2D eigenvalue weighted by Crippen LogP contribution is 2.14. The van der Waals surface area contributed by atoms with Crippen LogP contribution in [0.2, 0.25) is 0 Å². The van der Waals surface area contributed by atoms with Crippen molar-refractivity contribution in [2.45, 2.75) is 18.9 Å². The lowest BCUT2D eigenvalue weighted by atomic mass is 10.1. The first-order chi connectivity index (χ1) is 11.7. The predicted molar refractivity (Wildman–Crippen MR) is 92.5 cm³/mol. The molecule has 0 spiro atoms. The Hall–Kier alpha value is -2.84. The van der Waals surface area contributed by atoms with E-state index in [0.717, 1.165) is 18.4 Å².